The minimum atomic E-state index is -0.751. The summed E-state index contributed by atoms with van der Waals surface area (Å²) < 4.78 is 19.0. The summed E-state index contributed by atoms with van der Waals surface area (Å²) in [6, 6.07) is 11.3. The fraction of sp³-hybridized carbons (Fsp3) is 0.409. The normalized spacial score (nSPS) is 18.5. The molecule has 0 aliphatic carbocycles. The summed E-state index contributed by atoms with van der Waals surface area (Å²) in [5, 5.41) is 13.9. The van der Waals surface area contributed by atoms with E-state index in [1.807, 2.05) is 11.8 Å². The average molecular weight is 470 g/mol. The molecule has 2 N–H and O–H groups in total. The molecule has 2 aromatic rings. The summed E-state index contributed by atoms with van der Waals surface area (Å²) in [6.07, 6.45) is -0.751. The lowest BCUT2D eigenvalue weighted by atomic mass is 10.1. The maximum Gasteiger partial charge on any atom is 0.238 e. The van der Waals surface area contributed by atoms with Crippen molar-refractivity contribution in [1.29, 1.82) is 0 Å². The summed E-state index contributed by atoms with van der Waals surface area (Å²) >= 11 is 12.2. The predicted octanol–water partition coefficient (Wildman–Crippen LogP) is 3.52. The van der Waals surface area contributed by atoms with E-state index in [0.717, 1.165) is 0 Å². The van der Waals surface area contributed by atoms with Gasteiger partial charge in [0.1, 0.15) is 12.7 Å². The predicted molar refractivity (Wildman–Crippen MR) is 120 cm³/mol. The number of halogens is 3. The van der Waals surface area contributed by atoms with Gasteiger partial charge in [0.15, 0.2) is 11.6 Å². The van der Waals surface area contributed by atoms with E-state index in [4.69, 9.17) is 27.9 Å². The minimum absolute atomic E-state index is 0.00880. The van der Waals surface area contributed by atoms with Crippen LogP contribution in [0.2, 0.25) is 10.0 Å². The van der Waals surface area contributed by atoms with Crippen molar-refractivity contribution in [2.75, 3.05) is 44.6 Å². The van der Waals surface area contributed by atoms with E-state index in [1.165, 1.54) is 12.1 Å². The number of amides is 1. The van der Waals surface area contributed by atoms with E-state index in [9.17, 15) is 14.3 Å². The van der Waals surface area contributed by atoms with Gasteiger partial charge in [-0.05, 0) is 31.2 Å². The third-order valence-corrected chi connectivity index (χ3v) is 5.79. The molecule has 1 aliphatic heterocycles. The lowest BCUT2D eigenvalue weighted by molar-refractivity contribution is -0.118. The number of para-hydroxylation sites is 2. The van der Waals surface area contributed by atoms with Crippen molar-refractivity contribution in [2.45, 2.75) is 19.1 Å². The fourth-order valence-electron chi connectivity index (χ4n) is 3.56. The molecule has 3 rings (SSSR count). The van der Waals surface area contributed by atoms with Crippen LogP contribution in [0.15, 0.2) is 42.5 Å². The van der Waals surface area contributed by atoms with Crippen molar-refractivity contribution in [3.63, 3.8) is 0 Å². The minimum Gasteiger partial charge on any atom is -0.488 e. The number of aliphatic hydroxyl groups is 1. The Kier molecular flexibility index (Phi) is 8.51. The molecule has 1 fully saturated rings. The smallest absolute Gasteiger partial charge is 0.238 e. The number of nitrogens with zero attached hydrogens (tertiary/aromatic N) is 2. The molecule has 1 heterocycles. The number of carbonyl (C=O) groups excluding carboxylic acids is 1. The lowest BCUT2D eigenvalue weighted by Gasteiger charge is -2.40. The molecule has 0 aromatic heterocycles. The van der Waals surface area contributed by atoms with Crippen LogP contribution in [0.25, 0.3) is 0 Å². The van der Waals surface area contributed by atoms with E-state index in [1.54, 1.807) is 30.3 Å². The molecule has 2 aromatic carbocycles. The first kappa shape index (κ1) is 23.8. The molecule has 0 unspecified atom stereocenters. The summed E-state index contributed by atoms with van der Waals surface area (Å²) in [5.41, 5.74) is 0.417. The second-order valence-corrected chi connectivity index (χ2v) is 8.43. The van der Waals surface area contributed by atoms with Crippen molar-refractivity contribution in [3.05, 3.63) is 58.3 Å². The summed E-state index contributed by atoms with van der Waals surface area (Å²) in [4.78, 5) is 16.6. The first-order valence-electron chi connectivity index (χ1n) is 10.1. The van der Waals surface area contributed by atoms with Crippen molar-refractivity contribution in [1.82, 2.24) is 9.80 Å². The fourth-order valence-corrected chi connectivity index (χ4v) is 4.05. The van der Waals surface area contributed by atoms with Gasteiger partial charge in [0.05, 0.1) is 22.3 Å². The number of β-amino-alcohol motifs (C(OH)–C–C–N with tert-alkyl or cyclic N) is 1. The van der Waals surface area contributed by atoms with E-state index < -0.39 is 11.9 Å². The van der Waals surface area contributed by atoms with E-state index >= 15 is 0 Å². The summed E-state index contributed by atoms with van der Waals surface area (Å²) in [7, 11) is 0. The van der Waals surface area contributed by atoms with Gasteiger partial charge in [-0.25, -0.2) is 4.39 Å². The maximum atomic E-state index is 13.6. The van der Waals surface area contributed by atoms with Crippen LogP contribution in [-0.4, -0.2) is 72.3 Å². The second kappa shape index (κ2) is 11.1. The number of nitrogens with one attached hydrogen (secondary N) is 1. The number of aliphatic hydroxyl groups excluding tert-OH is 1. The van der Waals surface area contributed by atoms with Gasteiger partial charge in [-0.1, -0.05) is 41.4 Å². The van der Waals surface area contributed by atoms with Gasteiger partial charge in [-0.3, -0.25) is 14.6 Å². The number of ether oxygens (including phenoxy) is 1. The van der Waals surface area contributed by atoms with Crippen LogP contribution in [0, 0.1) is 5.82 Å². The summed E-state index contributed by atoms with van der Waals surface area (Å²) in [6.45, 7) is 4.72. The van der Waals surface area contributed by atoms with E-state index in [2.05, 4.69) is 10.2 Å². The van der Waals surface area contributed by atoms with Gasteiger partial charge in [-0.2, -0.15) is 0 Å². The van der Waals surface area contributed by atoms with Crippen LogP contribution in [0.3, 0.4) is 0 Å². The highest BCUT2D eigenvalue weighted by Crippen LogP contribution is 2.29. The topological polar surface area (TPSA) is 65.0 Å². The Balaban J connectivity index is 1.43. The van der Waals surface area contributed by atoms with Crippen molar-refractivity contribution in [3.8, 4) is 5.75 Å². The van der Waals surface area contributed by atoms with E-state index in [-0.39, 0.29) is 30.9 Å². The maximum absolute atomic E-state index is 13.6. The Morgan fingerprint density at radius 1 is 1.23 bits per heavy atom. The molecule has 0 saturated carbocycles. The number of piperazine rings is 1. The Bertz CT molecular complexity index is 882. The highest BCUT2D eigenvalue weighted by Gasteiger charge is 2.27. The van der Waals surface area contributed by atoms with Crippen LogP contribution in [0.4, 0.5) is 10.1 Å². The molecule has 0 spiro atoms. The third kappa shape index (κ3) is 6.79. The number of rotatable bonds is 8. The van der Waals surface area contributed by atoms with Crippen LogP contribution < -0.4 is 10.1 Å². The van der Waals surface area contributed by atoms with Crippen molar-refractivity contribution < 1.29 is 19.0 Å². The van der Waals surface area contributed by atoms with Gasteiger partial charge < -0.3 is 15.2 Å². The summed E-state index contributed by atoms with van der Waals surface area (Å²) in [5.74, 6) is -0.508. The Labute approximate surface area is 191 Å². The van der Waals surface area contributed by atoms with Crippen molar-refractivity contribution >= 4 is 34.8 Å². The molecule has 9 heteroatoms. The molecule has 2 atom stereocenters. The standard InChI is InChI=1S/C22H26Cl2FN3O3/c1-15-11-27(13-21(30)26-22-17(23)5-4-6-18(22)24)9-10-28(15)12-16(29)14-31-20-8-3-2-7-19(20)25/h2-8,15-16,29H,9-14H2,1H3,(H,26,30)/t15-,16-/m0/s1. The van der Waals surface area contributed by atoms with Crippen LogP contribution in [0.1, 0.15) is 6.92 Å². The van der Waals surface area contributed by atoms with Gasteiger partial charge in [0.2, 0.25) is 5.91 Å². The van der Waals surface area contributed by atoms with Crippen LogP contribution in [-0.2, 0) is 4.79 Å². The molecule has 6 nitrogen and oxygen atoms in total. The molecule has 31 heavy (non-hydrogen) atoms. The number of carbonyl (C=O) groups is 1. The van der Waals surface area contributed by atoms with Gasteiger partial charge in [0.25, 0.3) is 0 Å². The SMILES string of the molecule is C[C@H]1CN(CC(=O)Nc2c(Cl)cccc2Cl)CCN1C[C@H](O)COc1ccccc1F. The molecule has 1 amide bonds. The number of hydrogen-bond donors (Lipinski definition) is 2. The van der Waals surface area contributed by atoms with E-state index in [0.29, 0.717) is 41.9 Å². The quantitative estimate of drug-likeness (QED) is 0.619. The van der Waals surface area contributed by atoms with Gasteiger partial charge in [-0.15, -0.1) is 0 Å². The molecule has 1 saturated heterocycles. The first-order valence-corrected chi connectivity index (χ1v) is 10.8. The molecule has 0 radical (unpaired) electrons. The van der Waals surface area contributed by atoms with Crippen LogP contribution in [0.5, 0.6) is 5.75 Å². The molecule has 168 valence electrons. The zero-order chi connectivity index (χ0) is 22.4. The Morgan fingerprint density at radius 2 is 1.94 bits per heavy atom. The average Bonchev–Trinajstić information content (AvgIpc) is 2.72. The largest absolute Gasteiger partial charge is 0.488 e. The first-order chi connectivity index (χ1) is 14.8. The molecule has 0 bridgehead atoms. The molecule has 1 aliphatic rings. The lowest BCUT2D eigenvalue weighted by Crippen LogP contribution is -2.55. The number of hydrogen-bond acceptors (Lipinski definition) is 5. The van der Waals surface area contributed by atoms with Crippen LogP contribution >= 0.6 is 23.2 Å². The zero-order valence-corrected chi connectivity index (χ0v) is 18.7. The number of benzene rings is 2. The van der Waals surface area contributed by atoms with Gasteiger partial charge in [0, 0.05) is 32.2 Å². The zero-order valence-electron chi connectivity index (χ0n) is 17.2. The monoisotopic (exact) mass is 469 g/mol. The Morgan fingerprint density at radius 3 is 2.61 bits per heavy atom. The van der Waals surface area contributed by atoms with Crippen molar-refractivity contribution in [2.24, 2.45) is 0 Å². The molecular weight excluding hydrogens is 444 g/mol. The Hall–Kier alpha value is -1.90. The number of anilines is 1. The highest BCUT2D eigenvalue weighted by atomic mass is 35.5. The highest BCUT2D eigenvalue weighted by molar-refractivity contribution is 6.39. The third-order valence-electron chi connectivity index (χ3n) is 5.16. The molecular formula is C22H26Cl2FN3O3. The second-order valence-electron chi connectivity index (χ2n) is 7.62. The van der Waals surface area contributed by atoms with Gasteiger partial charge >= 0.3 is 0 Å².